The fourth-order valence-electron chi connectivity index (χ4n) is 2.83. The minimum Gasteiger partial charge on any atom is -0.480 e. The van der Waals surface area contributed by atoms with Crippen molar-refractivity contribution in [1.82, 2.24) is 9.80 Å². The molecule has 108 valence electrons. The van der Waals surface area contributed by atoms with Gasteiger partial charge >= 0.3 is 12.0 Å². The minimum atomic E-state index is -0.894. The molecule has 6 nitrogen and oxygen atoms in total. The van der Waals surface area contributed by atoms with E-state index in [1.54, 1.807) is 4.90 Å². The lowest BCUT2D eigenvalue weighted by molar-refractivity contribution is -0.143. The molecule has 0 aliphatic carbocycles. The van der Waals surface area contributed by atoms with Gasteiger partial charge in [0.15, 0.2) is 0 Å². The topological polar surface area (TPSA) is 70.1 Å². The number of carboxylic acid groups (broad SMARTS) is 1. The highest BCUT2D eigenvalue weighted by Gasteiger charge is 2.37. The smallest absolute Gasteiger partial charge is 0.326 e. The molecule has 2 saturated heterocycles. The van der Waals surface area contributed by atoms with Gasteiger partial charge in [-0.2, -0.15) is 0 Å². The fraction of sp³-hybridized carbons (Fsp3) is 0.846. The van der Waals surface area contributed by atoms with Crippen molar-refractivity contribution in [1.29, 1.82) is 0 Å². The third-order valence-corrected chi connectivity index (χ3v) is 3.98. The number of morpholine rings is 1. The average Bonchev–Trinajstić information content (AvgIpc) is 2.46. The molecule has 2 heterocycles. The standard InChI is InChI=1S/C13H22N2O4/c1-2-10-9-19-8-7-14(10)13(18)15-6-4-3-5-11(15)12(16)17/h10-11H,2-9H2,1H3,(H,16,17). The number of piperidine rings is 1. The predicted molar refractivity (Wildman–Crippen MR) is 69.0 cm³/mol. The molecule has 2 aliphatic rings. The molecule has 0 aromatic rings. The van der Waals surface area contributed by atoms with E-state index in [2.05, 4.69) is 0 Å². The zero-order valence-corrected chi connectivity index (χ0v) is 11.4. The van der Waals surface area contributed by atoms with E-state index in [4.69, 9.17) is 4.74 Å². The first-order valence-corrected chi connectivity index (χ1v) is 7.03. The number of likely N-dealkylation sites (tertiary alicyclic amines) is 1. The van der Waals surface area contributed by atoms with Crippen LogP contribution in [0.4, 0.5) is 4.79 Å². The first kappa shape index (κ1) is 14.1. The number of amides is 2. The Bertz CT molecular complexity index is 348. The largest absolute Gasteiger partial charge is 0.480 e. The third-order valence-electron chi connectivity index (χ3n) is 3.98. The van der Waals surface area contributed by atoms with E-state index in [1.165, 1.54) is 4.90 Å². The average molecular weight is 270 g/mol. The van der Waals surface area contributed by atoms with Gasteiger partial charge in [-0.05, 0) is 25.7 Å². The zero-order chi connectivity index (χ0) is 13.8. The van der Waals surface area contributed by atoms with Gasteiger partial charge in [-0.1, -0.05) is 6.92 Å². The molecule has 0 aromatic carbocycles. The van der Waals surface area contributed by atoms with E-state index >= 15 is 0 Å². The molecule has 2 fully saturated rings. The second kappa shape index (κ2) is 6.23. The number of hydrogen-bond donors (Lipinski definition) is 1. The van der Waals surface area contributed by atoms with Crippen molar-refractivity contribution in [3.63, 3.8) is 0 Å². The van der Waals surface area contributed by atoms with Gasteiger partial charge in [0.05, 0.1) is 19.3 Å². The molecule has 6 heteroatoms. The van der Waals surface area contributed by atoms with Crippen LogP contribution in [0.5, 0.6) is 0 Å². The van der Waals surface area contributed by atoms with Crippen LogP contribution < -0.4 is 0 Å². The molecule has 2 atom stereocenters. The van der Waals surface area contributed by atoms with Crippen LogP contribution in [0.1, 0.15) is 32.6 Å². The highest BCUT2D eigenvalue weighted by molar-refractivity contribution is 5.83. The number of urea groups is 1. The van der Waals surface area contributed by atoms with E-state index in [0.717, 1.165) is 19.3 Å². The summed E-state index contributed by atoms with van der Waals surface area (Å²) in [5.74, 6) is -0.894. The maximum atomic E-state index is 12.6. The molecule has 2 rings (SSSR count). The molecule has 0 bridgehead atoms. The number of nitrogens with zero attached hydrogens (tertiary/aromatic N) is 2. The summed E-state index contributed by atoms with van der Waals surface area (Å²) in [4.78, 5) is 27.1. The van der Waals surface area contributed by atoms with Gasteiger partial charge in [-0.3, -0.25) is 0 Å². The Balaban J connectivity index is 2.09. The maximum Gasteiger partial charge on any atom is 0.326 e. The Morgan fingerprint density at radius 2 is 2.05 bits per heavy atom. The number of carboxylic acids is 1. The van der Waals surface area contributed by atoms with Gasteiger partial charge < -0.3 is 19.6 Å². The van der Waals surface area contributed by atoms with Crippen molar-refractivity contribution in [3.05, 3.63) is 0 Å². The quantitative estimate of drug-likeness (QED) is 0.817. The van der Waals surface area contributed by atoms with Crippen molar-refractivity contribution in [2.24, 2.45) is 0 Å². The fourth-order valence-corrected chi connectivity index (χ4v) is 2.83. The molecule has 0 spiro atoms. The summed E-state index contributed by atoms with van der Waals surface area (Å²) in [5, 5.41) is 9.24. The molecule has 0 radical (unpaired) electrons. The summed E-state index contributed by atoms with van der Waals surface area (Å²) in [7, 11) is 0. The summed E-state index contributed by atoms with van der Waals surface area (Å²) in [6, 6.07) is -0.735. The predicted octanol–water partition coefficient (Wildman–Crippen LogP) is 1.16. The lowest BCUT2D eigenvalue weighted by Gasteiger charge is -2.41. The molecular formula is C13H22N2O4. The highest BCUT2D eigenvalue weighted by atomic mass is 16.5. The lowest BCUT2D eigenvalue weighted by Crippen LogP contribution is -2.58. The second-order valence-corrected chi connectivity index (χ2v) is 5.16. The second-order valence-electron chi connectivity index (χ2n) is 5.16. The summed E-state index contributed by atoms with van der Waals surface area (Å²) in [6.07, 6.45) is 3.15. The van der Waals surface area contributed by atoms with E-state index in [1.807, 2.05) is 6.92 Å². The van der Waals surface area contributed by atoms with Gasteiger partial charge in [0.25, 0.3) is 0 Å². The van der Waals surface area contributed by atoms with E-state index in [0.29, 0.717) is 32.7 Å². The number of carbonyl (C=O) groups is 2. The summed E-state index contributed by atoms with van der Waals surface area (Å²) < 4.78 is 5.39. The number of aliphatic carboxylic acids is 1. The molecule has 2 aliphatic heterocycles. The number of carbonyl (C=O) groups excluding carboxylic acids is 1. The van der Waals surface area contributed by atoms with Gasteiger partial charge in [-0.15, -0.1) is 0 Å². The Hall–Kier alpha value is -1.30. The van der Waals surface area contributed by atoms with Crippen LogP contribution in [0.25, 0.3) is 0 Å². The van der Waals surface area contributed by atoms with Gasteiger partial charge in [0, 0.05) is 13.1 Å². The number of rotatable bonds is 2. The maximum absolute atomic E-state index is 12.6. The molecular weight excluding hydrogens is 248 g/mol. The highest BCUT2D eigenvalue weighted by Crippen LogP contribution is 2.21. The SMILES string of the molecule is CCC1COCCN1C(=O)N1CCCCC1C(=O)O. The van der Waals surface area contributed by atoms with Crippen LogP contribution in [0, 0.1) is 0 Å². The first-order chi connectivity index (χ1) is 9.15. The van der Waals surface area contributed by atoms with Crippen molar-refractivity contribution in [3.8, 4) is 0 Å². The third kappa shape index (κ3) is 3.00. The van der Waals surface area contributed by atoms with E-state index in [-0.39, 0.29) is 12.1 Å². The summed E-state index contributed by atoms with van der Waals surface area (Å²) in [6.45, 7) is 4.20. The van der Waals surface area contributed by atoms with Gasteiger partial charge in [0.2, 0.25) is 0 Å². The van der Waals surface area contributed by atoms with E-state index < -0.39 is 12.0 Å². The van der Waals surface area contributed by atoms with Crippen molar-refractivity contribution in [2.75, 3.05) is 26.3 Å². The van der Waals surface area contributed by atoms with Crippen molar-refractivity contribution in [2.45, 2.75) is 44.7 Å². The van der Waals surface area contributed by atoms with Crippen LogP contribution in [0.2, 0.25) is 0 Å². The Labute approximate surface area is 113 Å². The Morgan fingerprint density at radius 1 is 1.26 bits per heavy atom. The summed E-state index contributed by atoms with van der Waals surface area (Å²) in [5.41, 5.74) is 0. The monoisotopic (exact) mass is 270 g/mol. The lowest BCUT2D eigenvalue weighted by atomic mass is 10.0. The molecule has 2 unspecified atom stereocenters. The minimum absolute atomic E-state index is 0.0672. The number of hydrogen-bond acceptors (Lipinski definition) is 3. The van der Waals surface area contributed by atoms with Crippen molar-refractivity contribution < 1.29 is 19.4 Å². The Morgan fingerprint density at radius 3 is 2.74 bits per heavy atom. The first-order valence-electron chi connectivity index (χ1n) is 7.03. The van der Waals surface area contributed by atoms with Crippen LogP contribution in [0.3, 0.4) is 0 Å². The summed E-state index contributed by atoms with van der Waals surface area (Å²) >= 11 is 0. The zero-order valence-electron chi connectivity index (χ0n) is 11.4. The molecule has 1 N–H and O–H groups in total. The van der Waals surface area contributed by atoms with E-state index in [9.17, 15) is 14.7 Å². The van der Waals surface area contributed by atoms with Crippen molar-refractivity contribution >= 4 is 12.0 Å². The van der Waals surface area contributed by atoms with Gasteiger partial charge in [-0.25, -0.2) is 9.59 Å². The molecule has 2 amide bonds. The Kier molecular flexibility index (Phi) is 4.63. The molecule has 19 heavy (non-hydrogen) atoms. The normalized spacial score (nSPS) is 28.3. The number of ether oxygens (including phenoxy) is 1. The molecule has 0 saturated carbocycles. The van der Waals surface area contributed by atoms with Gasteiger partial charge in [0.1, 0.15) is 6.04 Å². The van der Waals surface area contributed by atoms with Crippen LogP contribution in [-0.2, 0) is 9.53 Å². The van der Waals surface area contributed by atoms with Crippen LogP contribution in [-0.4, -0.2) is 65.3 Å². The van der Waals surface area contributed by atoms with Crippen LogP contribution >= 0.6 is 0 Å². The molecule has 0 aromatic heterocycles. The van der Waals surface area contributed by atoms with Crippen LogP contribution in [0.15, 0.2) is 0 Å².